The highest BCUT2D eigenvalue weighted by atomic mass is 14.9. The standard InChI is InChI=1S/C21H42N2/c1-5-16-9-11-18(7-3)20(22,13-16)15-21(23)14-17(6-2)10-12-19(21)8-4/h16-19H,5-15,22-23H2,1-4H3. The molecule has 2 fully saturated rings. The summed E-state index contributed by atoms with van der Waals surface area (Å²) >= 11 is 0. The average Bonchev–Trinajstić information content (AvgIpc) is 2.53. The summed E-state index contributed by atoms with van der Waals surface area (Å²) in [4.78, 5) is 0. The molecule has 0 spiro atoms. The highest BCUT2D eigenvalue weighted by Crippen LogP contribution is 2.48. The van der Waals surface area contributed by atoms with E-state index < -0.39 is 0 Å². The third-order valence-corrected chi connectivity index (χ3v) is 7.61. The molecule has 0 aliphatic heterocycles. The third-order valence-electron chi connectivity index (χ3n) is 7.61. The first kappa shape index (κ1) is 19.2. The maximum atomic E-state index is 7.12. The van der Waals surface area contributed by atoms with E-state index in [-0.39, 0.29) is 11.1 Å². The molecule has 2 aliphatic rings. The van der Waals surface area contributed by atoms with Crippen molar-refractivity contribution in [2.45, 2.75) is 109 Å². The molecule has 2 aliphatic carbocycles. The molecule has 2 nitrogen and oxygen atoms in total. The van der Waals surface area contributed by atoms with Gasteiger partial charge in [0.05, 0.1) is 0 Å². The smallest absolute Gasteiger partial charge is 0.0203 e. The zero-order chi connectivity index (χ0) is 17.1. The lowest BCUT2D eigenvalue weighted by Crippen LogP contribution is -2.62. The maximum Gasteiger partial charge on any atom is 0.0203 e. The summed E-state index contributed by atoms with van der Waals surface area (Å²) in [6, 6.07) is 0. The van der Waals surface area contributed by atoms with E-state index in [1.165, 1.54) is 64.2 Å². The number of rotatable bonds is 6. The Labute approximate surface area is 145 Å². The van der Waals surface area contributed by atoms with E-state index in [0.29, 0.717) is 11.8 Å². The van der Waals surface area contributed by atoms with Crippen LogP contribution in [0.2, 0.25) is 0 Å². The predicted molar refractivity (Wildman–Crippen MR) is 101 cm³/mol. The molecule has 2 heteroatoms. The van der Waals surface area contributed by atoms with Crippen LogP contribution in [0.1, 0.15) is 98.3 Å². The van der Waals surface area contributed by atoms with Gasteiger partial charge >= 0.3 is 0 Å². The second-order valence-corrected chi connectivity index (χ2v) is 8.96. The van der Waals surface area contributed by atoms with Crippen LogP contribution in [0.15, 0.2) is 0 Å². The normalized spacial score (nSPS) is 45.1. The quantitative estimate of drug-likeness (QED) is 0.702. The lowest BCUT2D eigenvalue weighted by atomic mass is 9.57. The first-order valence-electron chi connectivity index (χ1n) is 10.5. The van der Waals surface area contributed by atoms with Gasteiger partial charge in [-0.15, -0.1) is 0 Å². The summed E-state index contributed by atoms with van der Waals surface area (Å²) in [5.41, 5.74) is 14.2. The van der Waals surface area contributed by atoms with Crippen LogP contribution in [0.3, 0.4) is 0 Å². The van der Waals surface area contributed by atoms with E-state index in [9.17, 15) is 0 Å². The van der Waals surface area contributed by atoms with Gasteiger partial charge in [0.2, 0.25) is 0 Å². The molecule has 23 heavy (non-hydrogen) atoms. The Morgan fingerprint density at radius 2 is 1.04 bits per heavy atom. The fourth-order valence-corrected chi connectivity index (χ4v) is 6.03. The van der Waals surface area contributed by atoms with Crippen LogP contribution in [-0.2, 0) is 0 Å². The molecule has 0 bridgehead atoms. The highest BCUT2D eigenvalue weighted by molar-refractivity contribution is 5.07. The summed E-state index contributed by atoms with van der Waals surface area (Å²) in [5.74, 6) is 2.98. The van der Waals surface area contributed by atoms with Crippen LogP contribution >= 0.6 is 0 Å². The number of hydrogen-bond acceptors (Lipinski definition) is 2. The lowest BCUT2D eigenvalue weighted by Gasteiger charge is -2.53. The van der Waals surface area contributed by atoms with E-state index >= 15 is 0 Å². The number of nitrogens with two attached hydrogens (primary N) is 2. The molecular weight excluding hydrogens is 280 g/mol. The van der Waals surface area contributed by atoms with Crippen molar-refractivity contribution < 1.29 is 0 Å². The van der Waals surface area contributed by atoms with Crippen molar-refractivity contribution in [2.75, 3.05) is 0 Å². The van der Waals surface area contributed by atoms with Gasteiger partial charge in [-0.1, -0.05) is 66.2 Å². The van der Waals surface area contributed by atoms with Gasteiger partial charge in [-0.25, -0.2) is 0 Å². The Hall–Kier alpha value is -0.0800. The Morgan fingerprint density at radius 3 is 1.35 bits per heavy atom. The molecule has 0 saturated heterocycles. The van der Waals surface area contributed by atoms with Crippen LogP contribution in [0.5, 0.6) is 0 Å². The molecule has 0 aromatic rings. The highest BCUT2D eigenvalue weighted by Gasteiger charge is 2.48. The molecule has 0 aromatic heterocycles. The largest absolute Gasteiger partial charge is 0.325 e. The zero-order valence-corrected chi connectivity index (χ0v) is 16.2. The molecule has 0 aromatic carbocycles. The topological polar surface area (TPSA) is 52.0 Å². The van der Waals surface area contributed by atoms with E-state index in [1.54, 1.807) is 0 Å². The summed E-state index contributed by atoms with van der Waals surface area (Å²) in [6.45, 7) is 9.32. The molecule has 0 amide bonds. The Kier molecular flexibility index (Phi) is 6.58. The molecule has 2 saturated carbocycles. The van der Waals surface area contributed by atoms with Crippen molar-refractivity contribution in [1.29, 1.82) is 0 Å². The van der Waals surface area contributed by atoms with Crippen molar-refractivity contribution in [3.8, 4) is 0 Å². The van der Waals surface area contributed by atoms with Crippen LogP contribution in [0, 0.1) is 23.7 Å². The molecule has 2 rings (SSSR count). The molecule has 4 N–H and O–H groups in total. The average molecular weight is 323 g/mol. The van der Waals surface area contributed by atoms with Crippen molar-refractivity contribution in [2.24, 2.45) is 35.1 Å². The van der Waals surface area contributed by atoms with Gasteiger partial charge in [0.25, 0.3) is 0 Å². The molecule has 6 unspecified atom stereocenters. The van der Waals surface area contributed by atoms with E-state index in [1.807, 2.05) is 0 Å². The first-order chi connectivity index (χ1) is 10.9. The monoisotopic (exact) mass is 322 g/mol. The predicted octanol–water partition coefficient (Wildman–Crippen LogP) is 5.24. The summed E-state index contributed by atoms with van der Waals surface area (Å²) in [5, 5.41) is 0. The van der Waals surface area contributed by atoms with E-state index in [0.717, 1.165) is 18.3 Å². The SMILES string of the molecule is CCC1CCC(CC)C(N)(CC2(N)CC(CC)CCC2CC)C1. The summed E-state index contributed by atoms with van der Waals surface area (Å²) in [7, 11) is 0. The van der Waals surface area contributed by atoms with Gasteiger partial charge in [0.1, 0.15) is 0 Å². The van der Waals surface area contributed by atoms with Crippen molar-refractivity contribution >= 4 is 0 Å². The molecule has 6 atom stereocenters. The Bertz CT molecular complexity index is 335. The Morgan fingerprint density at radius 1 is 0.652 bits per heavy atom. The van der Waals surface area contributed by atoms with Crippen molar-refractivity contribution in [1.82, 2.24) is 0 Å². The van der Waals surface area contributed by atoms with Crippen LogP contribution in [-0.4, -0.2) is 11.1 Å². The fraction of sp³-hybridized carbons (Fsp3) is 1.00. The fourth-order valence-electron chi connectivity index (χ4n) is 6.03. The molecule has 0 radical (unpaired) electrons. The number of hydrogen-bond donors (Lipinski definition) is 2. The van der Waals surface area contributed by atoms with Gasteiger partial charge < -0.3 is 11.5 Å². The minimum atomic E-state index is -0.0223. The van der Waals surface area contributed by atoms with Crippen LogP contribution < -0.4 is 11.5 Å². The second-order valence-electron chi connectivity index (χ2n) is 8.96. The first-order valence-corrected chi connectivity index (χ1v) is 10.5. The van der Waals surface area contributed by atoms with Crippen molar-refractivity contribution in [3.05, 3.63) is 0 Å². The zero-order valence-electron chi connectivity index (χ0n) is 16.2. The maximum absolute atomic E-state index is 7.12. The summed E-state index contributed by atoms with van der Waals surface area (Å²) in [6.07, 6.45) is 13.8. The second kappa shape index (κ2) is 7.87. The van der Waals surface area contributed by atoms with Crippen molar-refractivity contribution in [3.63, 3.8) is 0 Å². The lowest BCUT2D eigenvalue weighted by molar-refractivity contribution is 0.0469. The van der Waals surface area contributed by atoms with Gasteiger partial charge in [-0.05, 0) is 55.8 Å². The molecular formula is C21H42N2. The minimum Gasteiger partial charge on any atom is -0.325 e. The minimum absolute atomic E-state index is 0.0223. The Balaban J connectivity index is 2.19. The third kappa shape index (κ3) is 4.12. The summed E-state index contributed by atoms with van der Waals surface area (Å²) < 4.78 is 0. The van der Waals surface area contributed by atoms with Gasteiger partial charge in [-0.3, -0.25) is 0 Å². The van der Waals surface area contributed by atoms with Gasteiger partial charge in [0.15, 0.2) is 0 Å². The van der Waals surface area contributed by atoms with E-state index in [4.69, 9.17) is 11.5 Å². The molecule has 136 valence electrons. The van der Waals surface area contributed by atoms with Gasteiger partial charge in [0, 0.05) is 11.1 Å². The van der Waals surface area contributed by atoms with Gasteiger partial charge in [-0.2, -0.15) is 0 Å². The van der Waals surface area contributed by atoms with E-state index in [2.05, 4.69) is 27.7 Å². The van der Waals surface area contributed by atoms with Crippen LogP contribution in [0.4, 0.5) is 0 Å². The molecule has 0 heterocycles. The van der Waals surface area contributed by atoms with Crippen LogP contribution in [0.25, 0.3) is 0 Å².